The summed E-state index contributed by atoms with van der Waals surface area (Å²) in [6.45, 7) is 4.77. The Hall–Kier alpha value is -2.96. The van der Waals surface area contributed by atoms with Gasteiger partial charge in [-0.2, -0.15) is 10.1 Å². The maximum atomic E-state index is 12.9. The highest BCUT2D eigenvalue weighted by Gasteiger charge is 2.34. The molecule has 0 bridgehead atoms. The molecule has 3 heterocycles. The van der Waals surface area contributed by atoms with Crippen molar-refractivity contribution in [3.05, 3.63) is 53.2 Å². The van der Waals surface area contributed by atoms with Crippen LogP contribution in [0.5, 0.6) is 0 Å². The zero-order chi connectivity index (χ0) is 19.7. The van der Waals surface area contributed by atoms with Gasteiger partial charge in [-0.1, -0.05) is 35.5 Å². The molecule has 1 amide bonds. The van der Waals surface area contributed by atoms with E-state index in [1.165, 1.54) is 0 Å². The van der Waals surface area contributed by atoms with Crippen LogP contribution in [-0.2, 0) is 18.3 Å². The average Bonchev–Trinajstić information content (AvgIpc) is 3.41. The molecule has 0 radical (unpaired) electrons. The van der Waals surface area contributed by atoms with Gasteiger partial charge in [-0.05, 0) is 38.7 Å². The number of nitrogens with zero attached hydrogens (tertiary/aromatic N) is 5. The Bertz CT molecular complexity index is 976. The highest BCUT2D eigenvalue weighted by Crippen LogP contribution is 2.32. The fraction of sp³-hybridized carbons (Fsp3) is 0.429. The molecule has 1 aliphatic heterocycles. The van der Waals surface area contributed by atoms with Crippen LogP contribution in [0.3, 0.4) is 0 Å². The summed E-state index contributed by atoms with van der Waals surface area (Å²) in [7, 11) is 1.93. The lowest BCUT2D eigenvalue weighted by molar-refractivity contribution is -0.132. The van der Waals surface area contributed by atoms with Crippen LogP contribution in [0, 0.1) is 13.8 Å². The Balaban J connectivity index is 1.46. The number of rotatable bonds is 5. The first-order valence-corrected chi connectivity index (χ1v) is 9.72. The molecule has 7 heteroatoms. The predicted molar refractivity (Wildman–Crippen MR) is 104 cm³/mol. The summed E-state index contributed by atoms with van der Waals surface area (Å²) in [5.74, 6) is 1.22. The summed E-state index contributed by atoms with van der Waals surface area (Å²) in [5.41, 5.74) is 4.19. The van der Waals surface area contributed by atoms with E-state index in [1.54, 1.807) is 0 Å². The van der Waals surface area contributed by atoms with Gasteiger partial charge in [0, 0.05) is 31.3 Å². The smallest absolute Gasteiger partial charge is 0.249 e. The maximum absolute atomic E-state index is 12.9. The van der Waals surface area contributed by atoms with Crippen molar-refractivity contribution in [2.24, 2.45) is 7.05 Å². The van der Waals surface area contributed by atoms with Crippen molar-refractivity contribution in [2.45, 2.75) is 45.6 Å². The van der Waals surface area contributed by atoms with E-state index >= 15 is 0 Å². The summed E-state index contributed by atoms with van der Waals surface area (Å²) in [6.07, 6.45) is 2.97. The van der Waals surface area contributed by atoms with Crippen molar-refractivity contribution in [2.75, 3.05) is 6.54 Å². The zero-order valence-corrected chi connectivity index (χ0v) is 16.6. The van der Waals surface area contributed by atoms with E-state index in [2.05, 4.69) is 15.2 Å². The Kier molecular flexibility index (Phi) is 4.98. The number of aryl methyl sites for hydroxylation is 2. The second kappa shape index (κ2) is 7.58. The van der Waals surface area contributed by atoms with E-state index in [-0.39, 0.29) is 11.9 Å². The number of likely N-dealkylation sites (tertiary alicyclic amines) is 1. The van der Waals surface area contributed by atoms with E-state index in [9.17, 15) is 4.79 Å². The lowest BCUT2D eigenvalue weighted by Crippen LogP contribution is -2.31. The summed E-state index contributed by atoms with van der Waals surface area (Å²) >= 11 is 0. The minimum absolute atomic E-state index is 0.129. The molecule has 146 valence electrons. The molecule has 4 rings (SSSR count). The lowest BCUT2D eigenvalue weighted by Gasteiger charge is -2.21. The first-order chi connectivity index (χ1) is 13.5. The van der Waals surface area contributed by atoms with Crippen LogP contribution in [0.1, 0.15) is 48.1 Å². The fourth-order valence-electron chi connectivity index (χ4n) is 3.95. The van der Waals surface area contributed by atoms with Gasteiger partial charge < -0.3 is 9.42 Å². The van der Waals surface area contributed by atoms with Crippen LogP contribution in [0.15, 0.2) is 34.9 Å². The molecule has 1 atom stereocenters. The Morgan fingerprint density at radius 3 is 2.75 bits per heavy atom. The molecular weight excluding hydrogens is 354 g/mol. The van der Waals surface area contributed by atoms with E-state index in [1.807, 2.05) is 60.8 Å². The summed E-state index contributed by atoms with van der Waals surface area (Å²) in [5, 5.41) is 8.55. The standard InChI is InChI=1S/C21H25N5O2/c1-14-17(15(2)25(3)23-14)11-12-19(27)26-13-7-10-18(26)21-22-20(24-28-21)16-8-5-4-6-9-16/h4-6,8-9,18H,7,10-13H2,1-3H3/t18-/m1/s1. The molecule has 0 aliphatic carbocycles. The third-order valence-corrected chi connectivity index (χ3v) is 5.58. The van der Waals surface area contributed by atoms with Gasteiger partial charge in [0.25, 0.3) is 0 Å². The number of amides is 1. The summed E-state index contributed by atoms with van der Waals surface area (Å²) in [4.78, 5) is 19.4. The SMILES string of the molecule is Cc1nn(C)c(C)c1CCC(=O)N1CCC[C@@H]1c1nc(-c2ccccc2)no1. The molecule has 7 nitrogen and oxygen atoms in total. The van der Waals surface area contributed by atoms with Crippen molar-refractivity contribution >= 4 is 5.91 Å². The van der Waals surface area contributed by atoms with Gasteiger partial charge in [-0.25, -0.2) is 0 Å². The number of carbonyl (C=O) groups is 1. The summed E-state index contributed by atoms with van der Waals surface area (Å²) < 4.78 is 7.39. The number of hydrogen-bond acceptors (Lipinski definition) is 5. The van der Waals surface area contributed by atoms with Gasteiger partial charge in [-0.15, -0.1) is 0 Å². The van der Waals surface area contributed by atoms with Crippen molar-refractivity contribution in [1.29, 1.82) is 0 Å². The van der Waals surface area contributed by atoms with Gasteiger partial charge in [0.05, 0.1) is 5.69 Å². The largest absolute Gasteiger partial charge is 0.337 e. The normalized spacial score (nSPS) is 16.7. The molecule has 1 saturated heterocycles. The first-order valence-electron chi connectivity index (χ1n) is 9.72. The number of carbonyl (C=O) groups excluding carboxylic acids is 1. The van der Waals surface area contributed by atoms with Crippen LogP contribution in [0.4, 0.5) is 0 Å². The minimum atomic E-state index is -0.131. The minimum Gasteiger partial charge on any atom is -0.337 e. The van der Waals surface area contributed by atoms with Crippen molar-refractivity contribution in [3.63, 3.8) is 0 Å². The molecule has 1 aromatic carbocycles. The van der Waals surface area contributed by atoms with Crippen molar-refractivity contribution in [3.8, 4) is 11.4 Å². The van der Waals surface area contributed by atoms with E-state index in [4.69, 9.17) is 4.52 Å². The van der Waals surface area contributed by atoms with Crippen molar-refractivity contribution < 1.29 is 9.32 Å². The monoisotopic (exact) mass is 379 g/mol. The van der Waals surface area contributed by atoms with E-state index < -0.39 is 0 Å². The molecule has 0 spiro atoms. The van der Waals surface area contributed by atoms with Gasteiger partial charge in [0.2, 0.25) is 17.6 Å². The molecule has 0 unspecified atom stereocenters. The fourth-order valence-corrected chi connectivity index (χ4v) is 3.95. The second-order valence-corrected chi connectivity index (χ2v) is 7.34. The van der Waals surface area contributed by atoms with Crippen LogP contribution >= 0.6 is 0 Å². The second-order valence-electron chi connectivity index (χ2n) is 7.34. The number of benzene rings is 1. The molecule has 2 aromatic heterocycles. The van der Waals surface area contributed by atoms with Crippen LogP contribution in [0.2, 0.25) is 0 Å². The molecule has 1 fully saturated rings. The van der Waals surface area contributed by atoms with Gasteiger partial charge in [0.1, 0.15) is 6.04 Å². The lowest BCUT2D eigenvalue weighted by atomic mass is 10.1. The highest BCUT2D eigenvalue weighted by atomic mass is 16.5. The van der Waals surface area contributed by atoms with Crippen LogP contribution in [0.25, 0.3) is 11.4 Å². The molecule has 0 saturated carbocycles. The topological polar surface area (TPSA) is 77.1 Å². The molecular formula is C21H25N5O2. The quantitative estimate of drug-likeness (QED) is 0.679. The third kappa shape index (κ3) is 3.44. The van der Waals surface area contributed by atoms with Crippen LogP contribution < -0.4 is 0 Å². The van der Waals surface area contributed by atoms with Crippen molar-refractivity contribution in [1.82, 2.24) is 24.8 Å². The summed E-state index contributed by atoms with van der Waals surface area (Å²) in [6, 6.07) is 9.61. The number of aromatic nitrogens is 4. The van der Waals surface area contributed by atoms with E-state index in [0.717, 1.165) is 41.9 Å². The predicted octanol–water partition coefficient (Wildman–Crippen LogP) is 3.38. The Labute approximate surface area is 164 Å². The highest BCUT2D eigenvalue weighted by molar-refractivity contribution is 5.77. The molecule has 3 aromatic rings. The average molecular weight is 379 g/mol. The molecule has 1 aliphatic rings. The van der Waals surface area contributed by atoms with Gasteiger partial charge in [-0.3, -0.25) is 9.48 Å². The maximum Gasteiger partial charge on any atom is 0.249 e. The first kappa shape index (κ1) is 18.4. The van der Waals surface area contributed by atoms with Gasteiger partial charge in [0.15, 0.2) is 0 Å². The molecule has 28 heavy (non-hydrogen) atoms. The Morgan fingerprint density at radius 2 is 2.04 bits per heavy atom. The number of hydrogen-bond donors (Lipinski definition) is 0. The van der Waals surface area contributed by atoms with Gasteiger partial charge >= 0.3 is 0 Å². The zero-order valence-electron chi connectivity index (χ0n) is 16.6. The Morgan fingerprint density at radius 1 is 1.25 bits per heavy atom. The van der Waals surface area contributed by atoms with E-state index in [0.29, 0.717) is 24.6 Å². The molecule has 0 N–H and O–H groups in total. The van der Waals surface area contributed by atoms with Crippen LogP contribution in [-0.4, -0.2) is 37.3 Å². The third-order valence-electron chi connectivity index (χ3n) is 5.58.